The molecule has 2 amide bonds. The minimum atomic E-state index is -4.29. The number of halogens is 2. The van der Waals surface area contributed by atoms with Gasteiger partial charge in [0.15, 0.2) is 0 Å². The molecule has 4 aromatic carbocycles. The van der Waals surface area contributed by atoms with E-state index in [2.05, 4.69) is 5.32 Å². The van der Waals surface area contributed by atoms with Crippen LogP contribution in [0.2, 0.25) is 10.0 Å². The zero-order valence-corrected chi connectivity index (χ0v) is 27.8. The molecule has 0 fully saturated rings. The Hall–Kier alpha value is -3.85. The minimum Gasteiger partial charge on any atom is -0.352 e. The molecule has 7 nitrogen and oxygen atoms in total. The fourth-order valence-corrected chi connectivity index (χ4v) is 6.70. The van der Waals surface area contributed by atoms with Gasteiger partial charge in [-0.05, 0) is 55.7 Å². The maximum absolute atomic E-state index is 14.5. The molecule has 0 bridgehead atoms. The molecule has 0 heterocycles. The highest BCUT2D eigenvalue weighted by atomic mass is 35.5. The molecule has 0 radical (unpaired) electrons. The van der Waals surface area contributed by atoms with E-state index in [1.54, 1.807) is 30.3 Å². The van der Waals surface area contributed by atoms with Crippen LogP contribution in [-0.2, 0) is 32.6 Å². The van der Waals surface area contributed by atoms with Crippen molar-refractivity contribution in [3.05, 3.63) is 130 Å². The van der Waals surface area contributed by atoms with E-state index < -0.39 is 28.5 Å². The number of carbonyl (C=O) groups excluding carboxylic acids is 2. The molecule has 236 valence electrons. The first-order chi connectivity index (χ1) is 21.5. The second kappa shape index (κ2) is 15.4. The van der Waals surface area contributed by atoms with Crippen LogP contribution < -0.4 is 9.62 Å². The highest BCUT2D eigenvalue weighted by molar-refractivity contribution is 7.92. The van der Waals surface area contributed by atoms with E-state index in [4.69, 9.17) is 23.2 Å². The fourth-order valence-electron chi connectivity index (χ4n) is 4.80. The minimum absolute atomic E-state index is 0.00749. The van der Waals surface area contributed by atoms with Crippen LogP contribution in [0.1, 0.15) is 37.0 Å². The molecule has 45 heavy (non-hydrogen) atoms. The lowest BCUT2D eigenvalue weighted by molar-refractivity contribution is -0.140. The molecule has 2 atom stereocenters. The van der Waals surface area contributed by atoms with Crippen LogP contribution in [0.3, 0.4) is 0 Å². The highest BCUT2D eigenvalue weighted by Crippen LogP contribution is 2.35. The first-order valence-electron chi connectivity index (χ1n) is 14.7. The largest absolute Gasteiger partial charge is 0.352 e. The zero-order chi connectivity index (χ0) is 32.6. The van der Waals surface area contributed by atoms with Gasteiger partial charge in [-0.1, -0.05) is 115 Å². The van der Waals surface area contributed by atoms with E-state index >= 15 is 0 Å². The van der Waals surface area contributed by atoms with Crippen LogP contribution in [0.15, 0.2) is 108 Å². The third kappa shape index (κ3) is 8.66. The average Bonchev–Trinajstić information content (AvgIpc) is 3.04. The third-order valence-corrected chi connectivity index (χ3v) is 10.1. The van der Waals surface area contributed by atoms with Crippen LogP contribution in [0.5, 0.6) is 0 Å². The lowest BCUT2D eigenvalue weighted by Crippen LogP contribution is -2.54. The van der Waals surface area contributed by atoms with Crippen molar-refractivity contribution < 1.29 is 18.0 Å². The number of nitrogens with one attached hydrogen (secondary N) is 1. The number of anilines is 1. The maximum atomic E-state index is 14.5. The molecule has 0 aliphatic carbocycles. The predicted octanol–water partition coefficient (Wildman–Crippen LogP) is 7.05. The Morgan fingerprint density at radius 1 is 0.822 bits per heavy atom. The quantitative estimate of drug-likeness (QED) is 0.166. The number of amides is 2. The third-order valence-electron chi connectivity index (χ3n) is 7.56. The van der Waals surface area contributed by atoms with Gasteiger partial charge in [-0.15, -0.1) is 0 Å². The summed E-state index contributed by atoms with van der Waals surface area (Å²) in [5.41, 5.74) is 2.75. The van der Waals surface area contributed by atoms with E-state index in [-0.39, 0.29) is 45.5 Å². The normalized spacial score (nSPS) is 12.6. The Kier molecular flexibility index (Phi) is 11.7. The molecule has 0 aliphatic heterocycles. The van der Waals surface area contributed by atoms with Crippen molar-refractivity contribution in [3.63, 3.8) is 0 Å². The van der Waals surface area contributed by atoms with E-state index in [0.717, 1.165) is 21.0 Å². The van der Waals surface area contributed by atoms with Gasteiger partial charge in [0.1, 0.15) is 12.6 Å². The summed E-state index contributed by atoms with van der Waals surface area (Å²) in [5.74, 6) is -0.904. The number of aryl methyl sites for hydroxylation is 1. The fraction of sp³-hybridized carbons (Fsp3) is 0.257. The van der Waals surface area contributed by atoms with Crippen molar-refractivity contribution in [3.8, 4) is 0 Å². The summed E-state index contributed by atoms with van der Waals surface area (Å²) >= 11 is 12.9. The Labute approximate surface area is 275 Å². The number of rotatable bonds is 13. The molecule has 4 rings (SSSR count). The van der Waals surface area contributed by atoms with Gasteiger partial charge in [0.05, 0.1) is 20.6 Å². The van der Waals surface area contributed by atoms with E-state index in [1.807, 2.05) is 75.4 Å². The lowest BCUT2D eigenvalue weighted by Gasteiger charge is -2.34. The molecular weight excluding hydrogens is 629 g/mol. The second-order valence-electron chi connectivity index (χ2n) is 10.9. The van der Waals surface area contributed by atoms with Gasteiger partial charge < -0.3 is 10.2 Å². The number of benzene rings is 4. The summed E-state index contributed by atoms with van der Waals surface area (Å²) in [6, 6.07) is 28.4. The Morgan fingerprint density at radius 3 is 2.07 bits per heavy atom. The SMILES string of the molecule is CC[C@@H](C)NC(=O)[C@H](Cc1ccccc1)N(Cc1ccc(C)cc1)C(=O)CN(c1cccc(Cl)c1Cl)S(=O)(=O)c1ccccc1. The molecule has 4 aromatic rings. The maximum Gasteiger partial charge on any atom is 0.264 e. The van der Waals surface area contributed by atoms with Gasteiger partial charge in [-0.3, -0.25) is 13.9 Å². The predicted molar refractivity (Wildman–Crippen MR) is 181 cm³/mol. The number of carbonyl (C=O) groups is 2. The zero-order valence-electron chi connectivity index (χ0n) is 25.5. The van der Waals surface area contributed by atoms with Crippen molar-refractivity contribution in [2.45, 2.75) is 57.1 Å². The first kappa shape index (κ1) is 34.0. The van der Waals surface area contributed by atoms with Crippen LogP contribution in [0.25, 0.3) is 0 Å². The van der Waals surface area contributed by atoms with Gasteiger partial charge in [-0.2, -0.15) is 0 Å². The second-order valence-corrected chi connectivity index (χ2v) is 13.6. The molecule has 1 N–H and O–H groups in total. The Bertz CT molecular complexity index is 1700. The van der Waals surface area contributed by atoms with Crippen LogP contribution in [0, 0.1) is 6.92 Å². The number of hydrogen-bond donors (Lipinski definition) is 1. The smallest absolute Gasteiger partial charge is 0.264 e. The van der Waals surface area contributed by atoms with Crippen molar-refractivity contribution in [1.29, 1.82) is 0 Å². The summed E-state index contributed by atoms with van der Waals surface area (Å²) in [6.45, 7) is 5.29. The standard InChI is InChI=1S/C35H37Cl2N3O4S/c1-4-26(3)38-35(42)32(22-27-12-7-5-8-13-27)39(23-28-20-18-25(2)19-21-28)33(41)24-40(31-17-11-16-30(36)34(31)37)45(43,44)29-14-9-6-10-15-29/h5-21,26,32H,4,22-24H2,1-3H3,(H,38,42)/t26-,32+/m1/s1. The molecule has 0 aromatic heterocycles. The van der Waals surface area contributed by atoms with E-state index in [9.17, 15) is 18.0 Å². The van der Waals surface area contributed by atoms with Crippen LogP contribution >= 0.6 is 23.2 Å². The number of sulfonamides is 1. The average molecular weight is 667 g/mol. The van der Waals surface area contributed by atoms with Gasteiger partial charge in [0.25, 0.3) is 10.0 Å². The van der Waals surface area contributed by atoms with Gasteiger partial charge >= 0.3 is 0 Å². The molecule has 0 aliphatic rings. The van der Waals surface area contributed by atoms with Crippen LogP contribution in [-0.4, -0.2) is 43.8 Å². The Balaban J connectivity index is 1.83. The monoisotopic (exact) mass is 665 g/mol. The molecular formula is C35H37Cl2N3O4S. The molecule has 0 spiro atoms. The first-order valence-corrected chi connectivity index (χ1v) is 16.9. The summed E-state index contributed by atoms with van der Waals surface area (Å²) in [4.78, 5) is 29.9. The summed E-state index contributed by atoms with van der Waals surface area (Å²) < 4.78 is 29.2. The summed E-state index contributed by atoms with van der Waals surface area (Å²) in [5, 5.41) is 3.17. The van der Waals surface area contributed by atoms with Crippen molar-refractivity contribution in [2.24, 2.45) is 0 Å². The summed E-state index contributed by atoms with van der Waals surface area (Å²) in [6.07, 6.45) is 0.927. The van der Waals surface area contributed by atoms with Gasteiger partial charge in [0.2, 0.25) is 11.8 Å². The topological polar surface area (TPSA) is 86.8 Å². The number of hydrogen-bond acceptors (Lipinski definition) is 4. The Morgan fingerprint density at radius 2 is 1.44 bits per heavy atom. The molecule has 0 saturated heterocycles. The van der Waals surface area contributed by atoms with E-state index in [0.29, 0.717) is 6.42 Å². The van der Waals surface area contributed by atoms with Crippen molar-refractivity contribution in [1.82, 2.24) is 10.2 Å². The lowest BCUT2D eigenvalue weighted by atomic mass is 10.0. The van der Waals surface area contributed by atoms with E-state index in [1.165, 1.54) is 23.1 Å². The highest BCUT2D eigenvalue weighted by Gasteiger charge is 2.35. The van der Waals surface area contributed by atoms with Gasteiger partial charge in [0, 0.05) is 19.0 Å². The van der Waals surface area contributed by atoms with Crippen LogP contribution in [0.4, 0.5) is 5.69 Å². The van der Waals surface area contributed by atoms with Gasteiger partial charge in [-0.25, -0.2) is 8.42 Å². The molecule has 10 heteroatoms. The summed E-state index contributed by atoms with van der Waals surface area (Å²) in [7, 11) is -4.29. The van der Waals surface area contributed by atoms with Crippen molar-refractivity contribution in [2.75, 3.05) is 10.8 Å². The molecule has 0 saturated carbocycles. The number of nitrogens with zero attached hydrogens (tertiary/aromatic N) is 2. The molecule has 0 unspecified atom stereocenters. The van der Waals surface area contributed by atoms with Crippen molar-refractivity contribution >= 4 is 50.7 Å².